The fourth-order valence-corrected chi connectivity index (χ4v) is 4.39. The molecule has 0 saturated heterocycles. The number of carbonyl (C=O) groups excluding carboxylic acids is 1. The zero-order chi connectivity index (χ0) is 23.3. The lowest BCUT2D eigenvalue weighted by Gasteiger charge is -2.20. The number of aliphatic hydroxyl groups is 1. The molecular formula is C18H15F4N5O4S. The van der Waals surface area contributed by atoms with Crippen molar-refractivity contribution in [3.63, 3.8) is 0 Å². The molecule has 4 rings (SSSR count). The number of aliphatic hydroxyl groups excluding tert-OH is 1. The second-order valence-corrected chi connectivity index (χ2v) is 8.88. The maximum atomic E-state index is 13.8. The highest BCUT2D eigenvalue weighted by molar-refractivity contribution is 7.89. The molecule has 1 atom stereocenters. The molecule has 32 heavy (non-hydrogen) atoms. The van der Waals surface area contributed by atoms with Crippen molar-refractivity contribution in [1.29, 1.82) is 0 Å². The van der Waals surface area contributed by atoms with Crippen LogP contribution in [-0.2, 0) is 34.5 Å². The van der Waals surface area contributed by atoms with Gasteiger partial charge in [0.05, 0.1) is 18.4 Å². The minimum Gasteiger partial charge on any atom is -0.378 e. The van der Waals surface area contributed by atoms with Crippen LogP contribution in [0.25, 0.3) is 0 Å². The number of nitrogens with zero attached hydrogens (tertiary/aromatic N) is 5. The van der Waals surface area contributed by atoms with Crippen LogP contribution >= 0.6 is 0 Å². The average Bonchev–Trinajstić information content (AvgIpc) is 3.41. The van der Waals surface area contributed by atoms with Gasteiger partial charge < -0.3 is 10.0 Å². The van der Waals surface area contributed by atoms with Gasteiger partial charge in [0, 0.05) is 30.1 Å². The summed E-state index contributed by atoms with van der Waals surface area (Å²) in [5, 5.41) is 17.6. The Bertz CT molecular complexity index is 1260. The van der Waals surface area contributed by atoms with E-state index in [2.05, 4.69) is 10.2 Å². The highest BCUT2D eigenvalue weighted by atomic mass is 32.2. The van der Waals surface area contributed by atoms with E-state index < -0.39 is 45.5 Å². The first-order valence-corrected chi connectivity index (χ1v) is 10.5. The third kappa shape index (κ3) is 4.10. The number of rotatable bonds is 5. The molecule has 9 nitrogen and oxygen atoms in total. The predicted molar refractivity (Wildman–Crippen MR) is 98.7 cm³/mol. The number of amides is 1. The lowest BCUT2D eigenvalue weighted by molar-refractivity contribution is -0.143. The van der Waals surface area contributed by atoms with Crippen LogP contribution in [-0.4, -0.2) is 49.5 Å². The van der Waals surface area contributed by atoms with E-state index in [1.165, 1.54) is 23.1 Å². The van der Waals surface area contributed by atoms with Crippen molar-refractivity contribution < 1.29 is 35.9 Å². The van der Waals surface area contributed by atoms with Crippen LogP contribution in [0.5, 0.6) is 0 Å². The van der Waals surface area contributed by atoms with Crippen molar-refractivity contribution in [2.75, 3.05) is 0 Å². The fraction of sp³-hybridized carbons (Fsp3) is 0.278. The zero-order valence-electron chi connectivity index (χ0n) is 16.1. The molecule has 1 aromatic carbocycles. The van der Waals surface area contributed by atoms with Gasteiger partial charge in [-0.1, -0.05) is 18.2 Å². The number of hydrogen-bond donors (Lipinski definition) is 1. The number of alkyl halides is 3. The minimum atomic E-state index is -4.57. The van der Waals surface area contributed by atoms with Crippen LogP contribution < -0.4 is 0 Å². The Balaban J connectivity index is 1.50. The average molecular weight is 473 g/mol. The van der Waals surface area contributed by atoms with E-state index >= 15 is 0 Å². The van der Waals surface area contributed by atoms with Gasteiger partial charge >= 0.3 is 6.18 Å². The molecule has 0 saturated carbocycles. The molecule has 0 aliphatic carbocycles. The molecule has 1 amide bonds. The topological polar surface area (TPSA) is 110 Å². The molecule has 0 unspecified atom stereocenters. The van der Waals surface area contributed by atoms with Crippen LogP contribution in [0, 0.1) is 5.82 Å². The highest BCUT2D eigenvalue weighted by Crippen LogP contribution is 2.28. The van der Waals surface area contributed by atoms with Crippen LogP contribution in [0.4, 0.5) is 17.6 Å². The van der Waals surface area contributed by atoms with E-state index in [0.29, 0.717) is 14.3 Å². The Morgan fingerprint density at radius 1 is 1.19 bits per heavy atom. The first-order chi connectivity index (χ1) is 15.0. The standard InChI is InChI=1S/C18H15F4N5O4S/c19-14-4-2-1-3-13(14)16(28)17(29)25-6-11-7-27(24-15(11)9-25)32(30,31)12-5-23-26(8-12)10-18(20,21)22/h1-5,7-8,16,28H,6,9-10H2/t16-/m0/s1. The molecule has 1 aliphatic rings. The quantitative estimate of drug-likeness (QED) is 0.564. The van der Waals surface area contributed by atoms with E-state index in [9.17, 15) is 35.9 Å². The summed E-state index contributed by atoms with van der Waals surface area (Å²) in [5.74, 6) is -1.52. The fourth-order valence-electron chi connectivity index (χ4n) is 3.27. The van der Waals surface area contributed by atoms with Gasteiger partial charge in [-0.25, -0.2) is 4.39 Å². The van der Waals surface area contributed by atoms with Crippen molar-refractivity contribution in [2.24, 2.45) is 0 Å². The molecule has 1 N–H and O–H groups in total. The Hall–Kier alpha value is -3.26. The molecular weight excluding hydrogens is 458 g/mol. The van der Waals surface area contributed by atoms with Crippen molar-refractivity contribution in [3.8, 4) is 0 Å². The van der Waals surface area contributed by atoms with E-state index in [0.717, 1.165) is 24.7 Å². The first-order valence-electron chi connectivity index (χ1n) is 9.09. The molecule has 3 aromatic rings. The van der Waals surface area contributed by atoms with Gasteiger partial charge in [0.25, 0.3) is 15.9 Å². The van der Waals surface area contributed by atoms with Gasteiger partial charge in [-0.15, -0.1) is 0 Å². The third-order valence-corrected chi connectivity index (χ3v) is 6.28. The number of fused-ring (bicyclic) bond motifs is 1. The Morgan fingerprint density at radius 2 is 1.91 bits per heavy atom. The summed E-state index contributed by atoms with van der Waals surface area (Å²) in [4.78, 5) is 13.2. The van der Waals surface area contributed by atoms with Crippen molar-refractivity contribution in [1.82, 2.24) is 23.9 Å². The summed E-state index contributed by atoms with van der Waals surface area (Å²) in [6, 6.07) is 5.27. The molecule has 0 fully saturated rings. The highest BCUT2D eigenvalue weighted by Gasteiger charge is 2.34. The van der Waals surface area contributed by atoms with Gasteiger partial charge in [-0.2, -0.15) is 35.9 Å². The van der Waals surface area contributed by atoms with Gasteiger partial charge in [-0.3, -0.25) is 9.48 Å². The summed E-state index contributed by atoms with van der Waals surface area (Å²) in [7, 11) is -4.30. The number of benzene rings is 1. The van der Waals surface area contributed by atoms with Crippen LogP contribution in [0.2, 0.25) is 0 Å². The Morgan fingerprint density at radius 3 is 2.56 bits per heavy atom. The molecule has 0 bridgehead atoms. The van der Waals surface area contributed by atoms with E-state index in [4.69, 9.17) is 0 Å². The summed E-state index contributed by atoms with van der Waals surface area (Å²) in [5.41, 5.74) is 0.404. The minimum absolute atomic E-state index is 0.0808. The molecule has 14 heteroatoms. The SMILES string of the molecule is O=C([C@@H](O)c1ccccc1F)N1Cc2cn(S(=O)(=O)c3cnn(CC(F)(F)F)c3)nc2C1. The van der Waals surface area contributed by atoms with Gasteiger partial charge in [-0.05, 0) is 6.07 Å². The third-order valence-electron chi connectivity index (χ3n) is 4.80. The van der Waals surface area contributed by atoms with Gasteiger partial charge in [0.15, 0.2) is 6.10 Å². The number of aromatic nitrogens is 4. The maximum Gasteiger partial charge on any atom is 0.408 e. The summed E-state index contributed by atoms with van der Waals surface area (Å²) in [6.07, 6.45) is -3.64. The van der Waals surface area contributed by atoms with E-state index in [-0.39, 0.29) is 24.3 Å². The largest absolute Gasteiger partial charge is 0.408 e. The van der Waals surface area contributed by atoms with E-state index in [1.807, 2.05) is 0 Å². The zero-order valence-corrected chi connectivity index (χ0v) is 16.9. The number of carbonyl (C=O) groups is 1. The van der Waals surface area contributed by atoms with Gasteiger partial charge in [0.1, 0.15) is 17.3 Å². The molecule has 2 aromatic heterocycles. The van der Waals surface area contributed by atoms with E-state index in [1.54, 1.807) is 0 Å². The molecule has 0 radical (unpaired) electrons. The molecule has 1 aliphatic heterocycles. The second kappa shape index (κ2) is 7.70. The Labute approximate surface area is 178 Å². The first kappa shape index (κ1) is 22.0. The second-order valence-electron chi connectivity index (χ2n) is 7.09. The number of hydrogen-bond acceptors (Lipinski definition) is 6. The molecule has 0 spiro atoms. The van der Waals surface area contributed by atoms with Crippen molar-refractivity contribution in [3.05, 3.63) is 65.5 Å². The summed E-state index contributed by atoms with van der Waals surface area (Å²) >= 11 is 0. The van der Waals surface area contributed by atoms with Gasteiger partial charge in [0.2, 0.25) is 0 Å². The Kier molecular flexibility index (Phi) is 5.29. The molecule has 3 heterocycles. The van der Waals surface area contributed by atoms with Crippen molar-refractivity contribution >= 4 is 15.9 Å². The van der Waals surface area contributed by atoms with Crippen LogP contribution in [0.1, 0.15) is 22.9 Å². The predicted octanol–water partition coefficient (Wildman–Crippen LogP) is 1.59. The summed E-state index contributed by atoms with van der Waals surface area (Å²) in [6.45, 7) is -1.66. The summed E-state index contributed by atoms with van der Waals surface area (Å²) < 4.78 is 77.6. The molecule has 170 valence electrons. The maximum absolute atomic E-state index is 13.8. The van der Waals surface area contributed by atoms with Crippen LogP contribution in [0.3, 0.4) is 0 Å². The van der Waals surface area contributed by atoms with Crippen molar-refractivity contribution in [2.45, 2.75) is 36.8 Å². The normalized spacial score (nSPS) is 15.1. The lowest BCUT2D eigenvalue weighted by Crippen LogP contribution is -2.31. The monoisotopic (exact) mass is 473 g/mol. The lowest BCUT2D eigenvalue weighted by atomic mass is 10.1. The van der Waals surface area contributed by atoms with Crippen LogP contribution in [0.15, 0.2) is 47.8 Å². The number of halogens is 4. The smallest absolute Gasteiger partial charge is 0.378 e.